The van der Waals surface area contributed by atoms with Gasteiger partial charge in [0.1, 0.15) is 0 Å². The molecule has 16 heavy (non-hydrogen) atoms. The Morgan fingerprint density at radius 1 is 1.38 bits per heavy atom. The van der Waals surface area contributed by atoms with Crippen LogP contribution in [0.4, 0.5) is 0 Å². The van der Waals surface area contributed by atoms with E-state index < -0.39 is 0 Å². The van der Waals surface area contributed by atoms with Gasteiger partial charge >= 0.3 is 0 Å². The SMILES string of the molecule is CCNCC1CC1c1csc2ccccc12. The number of hydrogen-bond donors (Lipinski definition) is 1. The predicted octanol–water partition coefficient (Wildman–Crippen LogP) is 3.61. The lowest BCUT2D eigenvalue weighted by atomic mass is 10.1. The zero-order valence-electron chi connectivity index (χ0n) is 9.57. The fraction of sp³-hybridized carbons (Fsp3) is 0.429. The van der Waals surface area contributed by atoms with Crippen molar-refractivity contribution in [2.24, 2.45) is 5.92 Å². The normalized spacial score (nSPS) is 23.8. The molecule has 1 saturated carbocycles. The van der Waals surface area contributed by atoms with Gasteiger partial charge in [-0.25, -0.2) is 0 Å². The standard InChI is InChI=1S/C14H17NS/c1-2-15-8-10-7-12(10)13-9-16-14-6-4-3-5-11(13)14/h3-6,9-10,12,15H,2,7-8H2,1H3. The van der Waals surface area contributed by atoms with Crippen molar-refractivity contribution in [1.82, 2.24) is 5.32 Å². The van der Waals surface area contributed by atoms with Gasteiger partial charge in [0.2, 0.25) is 0 Å². The number of rotatable bonds is 4. The summed E-state index contributed by atoms with van der Waals surface area (Å²) in [7, 11) is 0. The second-order valence-corrected chi connectivity index (χ2v) is 5.51. The van der Waals surface area contributed by atoms with Gasteiger partial charge in [-0.15, -0.1) is 11.3 Å². The minimum atomic E-state index is 0.815. The van der Waals surface area contributed by atoms with Gasteiger partial charge in [0.25, 0.3) is 0 Å². The minimum Gasteiger partial charge on any atom is -0.317 e. The molecule has 0 bridgehead atoms. The Morgan fingerprint density at radius 3 is 3.12 bits per heavy atom. The lowest BCUT2D eigenvalue weighted by Crippen LogP contribution is -2.16. The number of nitrogens with one attached hydrogen (secondary N) is 1. The monoisotopic (exact) mass is 231 g/mol. The third-order valence-electron chi connectivity index (χ3n) is 3.49. The molecular weight excluding hydrogens is 214 g/mol. The quantitative estimate of drug-likeness (QED) is 0.847. The maximum atomic E-state index is 3.45. The summed E-state index contributed by atoms with van der Waals surface area (Å²) >= 11 is 1.89. The molecule has 1 nitrogen and oxygen atoms in total. The molecule has 0 amide bonds. The fourth-order valence-corrected chi connectivity index (χ4v) is 3.49. The van der Waals surface area contributed by atoms with Gasteiger partial charge in [-0.2, -0.15) is 0 Å². The summed E-state index contributed by atoms with van der Waals surface area (Å²) in [6.07, 6.45) is 1.37. The van der Waals surface area contributed by atoms with Crippen molar-refractivity contribution in [3.8, 4) is 0 Å². The molecule has 1 N–H and O–H groups in total. The molecule has 0 spiro atoms. The second-order valence-electron chi connectivity index (χ2n) is 4.60. The summed E-state index contributed by atoms with van der Waals surface area (Å²) in [5.41, 5.74) is 1.59. The molecule has 1 aliphatic rings. The molecule has 1 aromatic carbocycles. The molecule has 1 aromatic heterocycles. The molecule has 2 heteroatoms. The average Bonchev–Trinajstić information content (AvgIpc) is 2.96. The fourth-order valence-electron chi connectivity index (χ4n) is 2.47. The van der Waals surface area contributed by atoms with Crippen LogP contribution in [0.2, 0.25) is 0 Å². The maximum Gasteiger partial charge on any atom is 0.0345 e. The summed E-state index contributed by atoms with van der Waals surface area (Å²) in [4.78, 5) is 0. The summed E-state index contributed by atoms with van der Waals surface area (Å²) in [5.74, 6) is 1.69. The van der Waals surface area contributed by atoms with E-state index in [1.807, 2.05) is 11.3 Å². The Balaban J connectivity index is 1.81. The Morgan fingerprint density at radius 2 is 2.25 bits per heavy atom. The van der Waals surface area contributed by atoms with Crippen molar-refractivity contribution in [3.63, 3.8) is 0 Å². The molecule has 0 saturated heterocycles. The van der Waals surface area contributed by atoms with Crippen LogP contribution >= 0.6 is 11.3 Å². The van der Waals surface area contributed by atoms with Crippen LogP contribution in [0.3, 0.4) is 0 Å². The first-order chi connectivity index (χ1) is 7.90. The highest BCUT2D eigenvalue weighted by molar-refractivity contribution is 7.17. The highest BCUT2D eigenvalue weighted by Crippen LogP contribution is 2.50. The van der Waals surface area contributed by atoms with Crippen molar-refractivity contribution >= 4 is 21.4 Å². The molecule has 1 heterocycles. The van der Waals surface area contributed by atoms with Crippen molar-refractivity contribution in [2.45, 2.75) is 19.3 Å². The number of fused-ring (bicyclic) bond motifs is 1. The first kappa shape index (κ1) is 10.3. The van der Waals surface area contributed by atoms with Crippen LogP contribution in [-0.2, 0) is 0 Å². The van der Waals surface area contributed by atoms with Crippen molar-refractivity contribution in [2.75, 3.05) is 13.1 Å². The Kier molecular flexibility index (Phi) is 2.70. The van der Waals surface area contributed by atoms with E-state index in [0.29, 0.717) is 0 Å². The number of benzene rings is 1. The first-order valence-corrected chi connectivity index (χ1v) is 6.95. The summed E-state index contributed by atoms with van der Waals surface area (Å²) < 4.78 is 1.44. The van der Waals surface area contributed by atoms with E-state index >= 15 is 0 Å². The van der Waals surface area contributed by atoms with Crippen molar-refractivity contribution in [1.29, 1.82) is 0 Å². The van der Waals surface area contributed by atoms with Crippen molar-refractivity contribution < 1.29 is 0 Å². The van der Waals surface area contributed by atoms with Gasteiger partial charge in [-0.05, 0) is 53.7 Å². The van der Waals surface area contributed by atoms with Crippen LogP contribution in [0.25, 0.3) is 10.1 Å². The lowest BCUT2D eigenvalue weighted by molar-refractivity contribution is 0.650. The van der Waals surface area contributed by atoms with E-state index in [0.717, 1.165) is 18.4 Å². The van der Waals surface area contributed by atoms with Gasteiger partial charge in [0, 0.05) is 4.70 Å². The van der Waals surface area contributed by atoms with Gasteiger partial charge in [-0.3, -0.25) is 0 Å². The van der Waals surface area contributed by atoms with Gasteiger partial charge in [0.05, 0.1) is 0 Å². The van der Waals surface area contributed by atoms with Crippen LogP contribution in [0.15, 0.2) is 29.6 Å². The summed E-state index contributed by atoms with van der Waals surface area (Å²) in [6.45, 7) is 4.45. The number of thiophene rings is 1. The van der Waals surface area contributed by atoms with Gasteiger partial charge in [0.15, 0.2) is 0 Å². The van der Waals surface area contributed by atoms with Crippen molar-refractivity contribution in [3.05, 3.63) is 35.2 Å². The van der Waals surface area contributed by atoms with Crippen LogP contribution in [-0.4, -0.2) is 13.1 Å². The molecule has 0 aliphatic heterocycles. The van der Waals surface area contributed by atoms with Crippen LogP contribution < -0.4 is 5.32 Å². The molecule has 1 aliphatic carbocycles. The Bertz CT molecular complexity index is 488. The van der Waals surface area contributed by atoms with Crippen LogP contribution in [0.5, 0.6) is 0 Å². The highest BCUT2D eigenvalue weighted by Gasteiger charge is 2.38. The van der Waals surface area contributed by atoms with E-state index in [1.54, 1.807) is 5.56 Å². The largest absolute Gasteiger partial charge is 0.317 e. The highest BCUT2D eigenvalue weighted by atomic mass is 32.1. The van der Waals surface area contributed by atoms with E-state index in [4.69, 9.17) is 0 Å². The van der Waals surface area contributed by atoms with Crippen LogP contribution in [0, 0.1) is 5.92 Å². The second kappa shape index (κ2) is 4.19. The smallest absolute Gasteiger partial charge is 0.0345 e. The summed E-state index contributed by atoms with van der Waals surface area (Å²) in [6, 6.07) is 8.78. The molecule has 2 atom stereocenters. The van der Waals surface area contributed by atoms with E-state index in [9.17, 15) is 0 Å². The topological polar surface area (TPSA) is 12.0 Å². The Hall–Kier alpha value is -0.860. The molecule has 2 aromatic rings. The molecule has 0 radical (unpaired) electrons. The average molecular weight is 231 g/mol. The molecule has 1 fully saturated rings. The zero-order valence-corrected chi connectivity index (χ0v) is 10.4. The molecule has 84 valence electrons. The van der Waals surface area contributed by atoms with Crippen LogP contribution in [0.1, 0.15) is 24.8 Å². The minimum absolute atomic E-state index is 0.815. The van der Waals surface area contributed by atoms with E-state index in [-0.39, 0.29) is 0 Å². The zero-order chi connectivity index (χ0) is 11.0. The predicted molar refractivity (Wildman–Crippen MR) is 71.2 cm³/mol. The van der Waals surface area contributed by atoms with E-state index in [2.05, 4.69) is 41.9 Å². The summed E-state index contributed by atoms with van der Waals surface area (Å²) in [5, 5.41) is 7.30. The molecule has 3 rings (SSSR count). The molecular formula is C14H17NS. The van der Waals surface area contributed by atoms with Gasteiger partial charge in [-0.1, -0.05) is 25.1 Å². The van der Waals surface area contributed by atoms with Gasteiger partial charge < -0.3 is 5.32 Å². The third-order valence-corrected chi connectivity index (χ3v) is 4.47. The molecule has 2 unspecified atom stereocenters. The van der Waals surface area contributed by atoms with E-state index in [1.165, 1.54) is 23.1 Å². The Labute approximate surface area is 100 Å². The first-order valence-electron chi connectivity index (χ1n) is 6.07. The lowest BCUT2D eigenvalue weighted by Gasteiger charge is -2.00. The number of hydrogen-bond acceptors (Lipinski definition) is 2. The maximum absolute atomic E-state index is 3.45. The third kappa shape index (κ3) is 1.76.